The molecule has 168 valence electrons. The normalized spacial score (nSPS) is 24.1. The predicted molar refractivity (Wildman–Crippen MR) is 135 cm³/mol. The summed E-state index contributed by atoms with van der Waals surface area (Å²) in [6.07, 6.45) is 5.65. The molecule has 0 spiro atoms. The zero-order valence-corrected chi connectivity index (χ0v) is 19.2. The van der Waals surface area contributed by atoms with Crippen LogP contribution in [0.25, 0.3) is 5.57 Å². The lowest BCUT2D eigenvalue weighted by Crippen LogP contribution is -2.54. The molecular weight excluding hydrogens is 444 g/mol. The van der Waals surface area contributed by atoms with Gasteiger partial charge in [0.15, 0.2) is 11.6 Å². The lowest BCUT2D eigenvalue weighted by Gasteiger charge is -2.50. The minimum absolute atomic E-state index is 0.0382. The molecule has 0 aliphatic heterocycles. The Kier molecular flexibility index (Phi) is 5.59. The number of ketones is 2. The Morgan fingerprint density at radius 1 is 0.971 bits per heavy atom. The van der Waals surface area contributed by atoms with Crippen LogP contribution in [0.15, 0.2) is 109 Å². The van der Waals surface area contributed by atoms with E-state index in [0.29, 0.717) is 22.6 Å². The first kappa shape index (κ1) is 22.1. The van der Waals surface area contributed by atoms with E-state index in [2.05, 4.69) is 6.58 Å². The largest absolute Gasteiger partial charge is 0.508 e. The van der Waals surface area contributed by atoms with Crippen LogP contribution in [0.3, 0.4) is 0 Å². The molecule has 0 aromatic heterocycles. The number of halogens is 1. The first-order valence-electron chi connectivity index (χ1n) is 11.2. The van der Waals surface area contributed by atoms with Gasteiger partial charge in [-0.15, -0.1) is 0 Å². The number of fused-ring (bicyclic) bond motifs is 1. The number of allylic oxidation sites excluding steroid dienone is 5. The van der Waals surface area contributed by atoms with Crippen LogP contribution < -0.4 is 0 Å². The van der Waals surface area contributed by atoms with Crippen LogP contribution in [0, 0.1) is 5.92 Å². The second-order valence-corrected chi connectivity index (χ2v) is 9.13. The SMILES string of the molecule is C=CC1=CCC2C(=O)C(c3ccccc3)=CC(=O)C2(c2ccccc2)C1c1ccc(O)cc1Cl. The van der Waals surface area contributed by atoms with Gasteiger partial charge in [0.1, 0.15) is 5.75 Å². The van der Waals surface area contributed by atoms with Crippen molar-refractivity contribution >= 4 is 28.7 Å². The van der Waals surface area contributed by atoms with Crippen LogP contribution >= 0.6 is 11.6 Å². The quantitative estimate of drug-likeness (QED) is 0.481. The Bertz CT molecular complexity index is 1350. The fraction of sp³-hybridized carbons (Fsp3) is 0.133. The number of phenolic OH excluding ortho intramolecular Hbond substituents is 1. The number of aromatic hydroxyl groups is 1. The third-order valence-corrected chi connectivity index (χ3v) is 7.39. The van der Waals surface area contributed by atoms with Gasteiger partial charge in [0.25, 0.3) is 0 Å². The molecule has 3 aromatic rings. The number of rotatable bonds is 4. The Balaban J connectivity index is 1.83. The fourth-order valence-electron chi connectivity index (χ4n) is 5.60. The van der Waals surface area contributed by atoms with Crippen molar-refractivity contribution in [2.24, 2.45) is 5.92 Å². The molecule has 2 aliphatic carbocycles. The van der Waals surface area contributed by atoms with E-state index in [9.17, 15) is 14.7 Å². The molecule has 0 radical (unpaired) electrons. The molecule has 34 heavy (non-hydrogen) atoms. The molecule has 1 N–H and O–H groups in total. The Morgan fingerprint density at radius 2 is 1.65 bits per heavy atom. The highest BCUT2D eigenvalue weighted by Crippen LogP contribution is 2.58. The van der Waals surface area contributed by atoms with E-state index in [4.69, 9.17) is 11.6 Å². The molecule has 0 heterocycles. The van der Waals surface area contributed by atoms with Crippen LogP contribution in [0.5, 0.6) is 5.75 Å². The van der Waals surface area contributed by atoms with Crippen molar-refractivity contribution in [3.8, 4) is 5.75 Å². The lowest BCUT2D eigenvalue weighted by atomic mass is 9.50. The standard InChI is InChI=1S/C30H23ClO3/c1-2-19-13-16-25-29(34)24(20-9-5-3-6-10-20)18-27(33)30(25,21-11-7-4-8-12-21)28(19)23-15-14-22(32)17-26(23)31/h2-15,17-18,25,28,32H,1,16H2. The first-order chi connectivity index (χ1) is 16.5. The molecule has 0 bridgehead atoms. The van der Waals surface area contributed by atoms with Crippen LogP contribution in [0.1, 0.15) is 29.0 Å². The average Bonchev–Trinajstić information content (AvgIpc) is 2.86. The minimum Gasteiger partial charge on any atom is -0.508 e. The topological polar surface area (TPSA) is 54.4 Å². The summed E-state index contributed by atoms with van der Waals surface area (Å²) >= 11 is 6.64. The first-order valence-corrected chi connectivity index (χ1v) is 11.6. The van der Waals surface area contributed by atoms with Crippen molar-refractivity contribution in [1.82, 2.24) is 0 Å². The minimum atomic E-state index is -1.19. The summed E-state index contributed by atoms with van der Waals surface area (Å²) in [6.45, 7) is 4.00. The van der Waals surface area contributed by atoms with Gasteiger partial charge in [-0.3, -0.25) is 9.59 Å². The molecule has 3 atom stereocenters. The van der Waals surface area contributed by atoms with Gasteiger partial charge in [0.2, 0.25) is 0 Å². The molecule has 4 heteroatoms. The number of hydrogen-bond acceptors (Lipinski definition) is 3. The third kappa shape index (κ3) is 3.27. The number of Topliss-reactive ketones (excluding diaryl/α,β-unsaturated/α-hetero) is 1. The van der Waals surface area contributed by atoms with Crippen molar-refractivity contribution in [1.29, 1.82) is 0 Å². The van der Waals surface area contributed by atoms with E-state index in [0.717, 1.165) is 16.7 Å². The van der Waals surface area contributed by atoms with Gasteiger partial charge in [0, 0.05) is 22.4 Å². The zero-order chi connectivity index (χ0) is 23.9. The van der Waals surface area contributed by atoms with Gasteiger partial charge in [-0.25, -0.2) is 0 Å². The Morgan fingerprint density at radius 3 is 2.29 bits per heavy atom. The number of carbonyl (C=O) groups is 2. The van der Waals surface area contributed by atoms with E-state index >= 15 is 0 Å². The number of phenols is 1. The van der Waals surface area contributed by atoms with Gasteiger partial charge in [0.05, 0.1) is 5.41 Å². The smallest absolute Gasteiger partial charge is 0.168 e. The molecule has 0 fully saturated rings. The molecule has 0 saturated carbocycles. The zero-order valence-electron chi connectivity index (χ0n) is 18.4. The summed E-state index contributed by atoms with van der Waals surface area (Å²) in [4.78, 5) is 28.4. The van der Waals surface area contributed by atoms with Crippen LogP contribution in [-0.4, -0.2) is 16.7 Å². The Labute approximate surface area is 203 Å². The number of hydrogen-bond donors (Lipinski definition) is 1. The van der Waals surface area contributed by atoms with E-state index in [-0.39, 0.29) is 17.3 Å². The van der Waals surface area contributed by atoms with Gasteiger partial charge >= 0.3 is 0 Å². The Hall–Kier alpha value is -3.69. The van der Waals surface area contributed by atoms with Crippen molar-refractivity contribution in [3.63, 3.8) is 0 Å². The second-order valence-electron chi connectivity index (χ2n) is 8.72. The summed E-state index contributed by atoms with van der Waals surface area (Å²) in [5.41, 5.74) is 2.27. The lowest BCUT2D eigenvalue weighted by molar-refractivity contribution is -0.131. The van der Waals surface area contributed by atoms with Gasteiger partial charge in [-0.2, -0.15) is 0 Å². The summed E-state index contributed by atoms with van der Waals surface area (Å²) in [5, 5.41) is 10.3. The highest BCUT2D eigenvalue weighted by molar-refractivity contribution is 6.33. The van der Waals surface area contributed by atoms with Gasteiger partial charge in [-0.05, 0) is 46.9 Å². The predicted octanol–water partition coefficient (Wildman–Crippen LogP) is 6.43. The molecular formula is C30H23ClO3. The summed E-state index contributed by atoms with van der Waals surface area (Å²) in [6, 6.07) is 23.6. The van der Waals surface area contributed by atoms with Crippen molar-refractivity contribution in [3.05, 3.63) is 131 Å². The maximum absolute atomic E-state index is 14.3. The molecule has 5 rings (SSSR count). The molecule has 0 saturated heterocycles. The van der Waals surface area contributed by atoms with E-state index in [1.165, 1.54) is 12.1 Å². The van der Waals surface area contributed by atoms with Crippen molar-refractivity contribution in [2.75, 3.05) is 0 Å². The number of carbonyl (C=O) groups excluding carboxylic acids is 2. The fourth-order valence-corrected chi connectivity index (χ4v) is 5.89. The second kappa shape index (κ2) is 8.58. The van der Waals surface area contributed by atoms with Crippen LogP contribution in [-0.2, 0) is 15.0 Å². The molecule has 2 aliphatic rings. The van der Waals surface area contributed by atoms with E-state index in [1.807, 2.05) is 66.7 Å². The third-order valence-electron chi connectivity index (χ3n) is 7.06. The monoisotopic (exact) mass is 466 g/mol. The maximum atomic E-state index is 14.3. The van der Waals surface area contributed by atoms with E-state index < -0.39 is 17.3 Å². The molecule has 3 nitrogen and oxygen atoms in total. The maximum Gasteiger partial charge on any atom is 0.168 e. The average molecular weight is 467 g/mol. The van der Waals surface area contributed by atoms with Gasteiger partial charge in [-0.1, -0.05) is 97.1 Å². The number of benzene rings is 3. The van der Waals surface area contributed by atoms with Crippen molar-refractivity contribution in [2.45, 2.75) is 17.8 Å². The van der Waals surface area contributed by atoms with Gasteiger partial charge < -0.3 is 5.11 Å². The molecule has 0 amide bonds. The highest BCUT2D eigenvalue weighted by Gasteiger charge is 2.59. The summed E-state index contributed by atoms with van der Waals surface area (Å²) < 4.78 is 0. The van der Waals surface area contributed by atoms with Crippen molar-refractivity contribution < 1.29 is 14.7 Å². The van der Waals surface area contributed by atoms with E-state index in [1.54, 1.807) is 18.2 Å². The summed E-state index contributed by atoms with van der Waals surface area (Å²) in [5.74, 6) is -1.31. The molecule has 3 aromatic carbocycles. The van der Waals surface area contributed by atoms with Crippen LogP contribution in [0.4, 0.5) is 0 Å². The summed E-state index contributed by atoms with van der Waals surface area (Å²) in [7, 11) is 0. The highest BCUT2D eigenvalue weighted by atomic mass is 35.5. The van der Waals surface area contributed by atoms with Crippen LogP contribution in [0.2, 0.25) is 5.02 Å². The molecule has 3 unspecified atom stereocenters.